The van der Waals surface area contributed by atoms with Gasteiger partial charge in [0, 0.05) is 12.7 Å². The summed E-state index contributed by atoms with van der Waals surface area (Å²) >= 11 is 0. The lowest BCUT2D eigenvalue weighted by Crippen LogP contribution is -2.34. The van der Waals surface area contributed by atoms with E-state index in [0.717, 1.165) is 16.8 Å². The fourth-order valence-electron chi connectivity index (χ4n) is 2.70. The zero-order valence-electron chi connectivity index (χ0n) is 14.0. The van der Waals surface area contributed by atoms with Crippen molar-refractivity contribution in [1.82, 2.24) is 9.55 Å². The second kappa shape index (κ2) is 6.28. The van der Waals surface area contributed by atoms with Crippen LogP contribution in [0.25, 0.3) is 10.9 Å². The summed E-state index contributed by atoms with van der Waals surface area (Å²) in [5, 5.41) is 0.516. The van der Waals surface area contributed by atoms with Crippen molar-refractivity contribution in [2.24, 2.45) is 0 Å². The fourth-order valence-corrected chi connectivity index (χ4v) is 2.70. The molecule has 5 nitrogen and oxygen atoms in total. The normalized spacial score (nSPS) is 10.8. The summed E-state index contributed by atoms with van der Waals surface area (Å²) in [6, 6.07) is 13.0. The maximum Gasteiger partial charge on any atom is 0.261 e. The van der Waals surface area contributed by atoms with Gasteiger partial charge < -0.3 is 4.90 Å². The third-order valence-electron chi connectivity index (χ3n) is 4.35. The van der Waals surface area contributed by atoms with Gasteiger partial charge in [-0.25, -0.2) is 4.98 Å². The minimum absolute atomic E-state index is 0.0411. The molecule has 0 unspecified atom stereocenters. The van der Waals surface area contributed by atoms with Gasteiger partial charge in [0.05, 0.1) is 17.2 Å². The zero-order chi connectivity index (χ0) is 17.3. The molecule has 0 bridgehead atoms. The second-order valence-corrected chi connectivity index (χ2v) is 5.87. The molecule has 3 rings (SSSR count). The van der Waals surface area contributed by atoms with Crippen molar-refractivity contribution in [2.45, 2.75) is 20.4 Å². The average Bonchev–Trinajstić information content (AvgIpc) is 2.59. The van der Waals surface area contributed by atoms with E-state index in [4.69, 9.17) is 0 Å². The zero-order valence-corrected chi connectivity index (χ0v) is 14.0. The van der Waals surface area contributed by atoms with E-state index in [1.54, 1.807) is 30.1 Å². The van der Waals surface area contributed by atoms with Gasteiger partial charge >= 0.3 is 0 Å². The number of carbonyl (C=O) groups excluding carboxylic acids is 1. The van der Waals surface area contributed by atoms with Crippen molar-refractivity contribution in [3.05, 3.63) is 70.3 Å². The van der Waals surface area contributed by atoms with Crippen LogP contribution in [-0.4, -0.2) is 22.5 Å². The minimum atomic E-state index is -0.205. The van der Waals surface area contributed by atoms with Crippen LogP contribution in [0.15, 0.2) is 53.6 Å². The van der Waals surface area contributed by atoms with E-state index in [9.17, 15) is 9.59 Å². The van der Waals surface area contributed by atoms with Crippen molar-refractivity contribution in [3.63, 3.8) is 0 Å². The van der Waals surface area contributed by atoms with Gasteiger partial charge in [0.15, 0.2) is 0 Å². The summed E-state index contributed by atoms with van der Waals surface area (Å²) in [6.45, 7) is 3.95. The Morgan fingerprint density at radius 3 is 2.67 bits per heavy atom. The van der Waals surface area contributed by atoms with Crippen molar-refractivity contribution < 1.29 is 4.79 Å². The number of hydrogen-bond acceptors (Lipinski definition) is 3. The molecule has 0 N–H and O–H groups in total. The summed E-state index contributed by atoms with van der Waals surface area (Å²) in [4.78, 5) is 30.9. The highest BCUT2D eigenvalue weighted by Gasteiger charge is 2.15. The molecule has 24 heavy (non-hydrogen) atoms. The molecule has 0 saturated carbocycles. The number of benzene rings is 2. The molecular weight excluding hydrogens is 302 g/mol. The van der Waals surface area contributed by atoms with Crippen molar-refractivity contribution in [3.8, 4) is 0 Å². The Bertz CT molecular complexity index is 976. The molecule has 0 spiro atoms. The third kappa shape index (κ3) is 2.80. The van der Waals surface area contributed by atoms with Gasteiger partial charge in [-0.2, -0.15) is 0 Å². The molecule has 3 aromatic rings. The van der Waals surface area contributed by atoms with Crippen LogP contribution >= 0.6 is 0 Å². The van der Waals surface area contributed by atoms with E-state index in [1.807, 2.05) is 38.1 Å². The molecule has 1 aromatic heterocycles. The van der Waals surface area contributed by atoms with E-state index in [-0.39, 0.29) is 18.0 Å². The Morgan fingerprint density at radius 1 is 1.12 bits per heavy atom. The molecule has 2 aromatic carbocycles. The topological polar surface area (TPSA) is 55.2 Å². The Labute approximate surface area is 140 Å². The molecule has 5 heteroatoms. The lowest BCUT2D eigenvalue weighted by Gasteiger charge is -2.21. The number of anilines is 1. The van der Waals surface area contributed by atoms with Gasteiger partial charge in [-0.15, -0.1) is 0 Å². The van der Waals surface area contributed by atoms with Crippen LogP contribution in [0.4, 0.5) is 5.69 Å². The number of carbonyl (C=O) groups is 1. The lowest BCUT2D eigenvalue weighted by molar-refractivity contribution is -0.118. The van der Waals surface area contributed by atoms with Crippen LogP contribution in [0, 0.1) is 13.8 Å². The summed E-state index contributed by atoms with van der Waals surface area (Å²) in [6.07, 6.45) is 1.43. The van der Waals surface area contributed by atoms with Crippen LogP contribution in [-0.2, 0) is 11.3 Å². The highest BCUT2D eigenvalue weighted by molar-refractivity contribution is 5.93. The predicted octanol–water partition coefficient (Wildman–Crippen LogP) is 2.68. The Balaban J connectivity index is 1.91. The van der Waals surface area contributed by atoms with Crippen LogP contribution in [0.5, 0.6) is 0 Å². The molecule has 1 amide bonds. The molecule has 1 heterocycles. The summed E-state index contributed by atoms with van der Waals surface area (Å²) in [5.74, 6) is -0.164. The van der Waals surface area contributed by atoms with Crippen LogP contribution < -0.4 is 10.5 Å². The molecule has 0 atom stereocenters. The first-order valence-corrected chi connectivity index (χ1v) is 7.76. The molecule has 0 saturated heterocycles. The number of hydrogen-bond donors (Lipinski definition) is 0. The first-order valence-electron chi connectivity index (χ1n) is 7.76. The maximum atomic E-state index is 12.6. The van der Waals surface area contributed by atoms with Crippen molar-refractivity contribution in [2.75, 3.05) is 11.9 Å². The van der Waals surface area contributed by atoms with Gasteiger partial charge in [-0.05, 0) is 43.2 Å². The van der Waals surface area contributed by atoms with Gasteiger partial charge in [0.2, 0.25) is 5.91 Å². The monoisotopic (exact) mass is 321 g/mol. The molecule has 0 aliphatic heterocycles. The molecule has 0 fully saturated rings. The quantitative estimate of drug-likeness (QED) is 0.745. The molecule has 0 aliphatic rings. The molecule has 0 radical (unpaired) electrons. The molecule has 122 valence electrons. The number of nitrogens with zero attached hydrogens (tertiary/aromatic N) is 3. The smallest absolute Gasteiger partial charge is 0.261 e. The lowest BCUT2D eigenvalue weighted by atomic mass is 10.1. The van der Waals surface area contributed by atoms with Gasteiger partial charge in [0.1, 0.15) is 6.54 Å². The number of para-hydroxylation sites is 1. The van der Waals surface area contributed by atoms with Gasteiger partial charge in [-0.1, -0.05) is 24.3 Å². The average molecular weight is 321 g/mol. The van der Waals surface area contributed by atoms with Crippen LogP contribution in [0.2, 0.25) is 0 Å². The van der Waals surface area contributed by atoms with Crippen LogP contribution in [0.3, 0.4) is 0 Å². The van der Waals surface area contributed by atoms with Gasteiger partial charge in [0.25, 0.3) is 5.56 Å². The number of aryl methyl sites for hydroxylation is 1. The number of amides is 1. The third-order valence-corrected chi connectivity index (χ3v) is 4.35. The van der Waals surface area contributed by atoms with E-state index in [1.165, 1.54) is 10.9 Å². The SMILES string of the molecule is Cc1cccc(N(C)C(=O)Cn2cnc3ccccc3c2=O)c1C. The Morgan fingerprint density at radius 2 is 1.88 bits per heavy atom. The molecule has 0 aliphatic carbocycles. The summed E-state index contributed by atoms with van der Waals surface area (Å²) in [5.41, 5.74) is 3.45. The highest BCUT2D eigenvalue weighted by atomic mass is 16.2. The van der Waals surface area contributed by atoms with Crippen LogP contribution in [0.1, 0.15) is 11.1 Å². The van der Waals surface area contributed by atoms with E-state index >= 15 is 0 Å². The van der Waals surface area contributed by atoms with E-state index in [2.05, 4.69) is 4.98 Å². The number of likely N-dealkylation sites (N-methyl/N-ethyl adjacent to an activating group) is 1. The Hall–Kier alpha value is -2.95. The first kappa shape index (κ1) is 15.9. The number of fused-ring (bicyclic) bond motifs is 1. The minimum Gasteiger partial charge on any atom is -0.314 e. The number of rotatable bonds is 3. The summed E-state index contributed by atoms with van der Waals surface area (Å²) < 4.78 is 1.35. The summed E-state index contributed by atoms with van der Waals surface area (Å²) in [7, 11) is 1.73. The first-order chi connectivity index (χ1) is 11.5. The molecular formula is C19H19N3O2. The second-order valence-electron chi connectivity index (χ2n) is 5.87. The fraction of sp³-hybridized carbons (Fsp3) is 0.211. The largest absolute Gasteiger partial charge is 0.314 e. The maximum absolute atomic E-state index is 12.6. The van der Waals surface area contributed by atoms with E-state index < -0.39 is 0 Å². The Kier molecular flexibility index (Phi) is 4.16. The van der Waals surface area contributed by atoms with Crippen molar-refractivity contribution in [1.29, 1.82) is 0 Å². The standard InChI is InChI=1S/C19H19N3O2/c1-13-7-6-10-17(14(13)2)21(3)18(23)11-22-12-20-16-9-5-4-8-15(16)19(22)24/h4-10,12H,11H2,1-3H3. The van der Waals surface area contributed by atoms with Crippen molar-refractivity contribution >= 4 is 22.5 Å². The van der Waals surface area contributed by atoms with Gasteiger partial charge in [-0.3, -0.25) is 14.2 Å². The number of aromatic nitrogens is 2. The predicted molar refractivity (Wildman–Crippen MR) is 95.3 cm³/mol. The highest BCUT2D eigenvalue weighted by Crippen LogP contribution is 2.21. The van der Waals surface area contributed by atoms with E-state index in [0.29, 0.717) is 10.9 Å².